The molecule has 1 aromatic rings. The zero-order valence-corrected chi connectivity index (χ0v) is 12.2. The van der Waals surface area contributed by atoms with Crippen molar-refractivity contribution in [1.82, 2.24) is 0 Å². The number of alkyl halides is 2. The summed E-state index contributed by atoms with van der Waals surface area (Å²) in [6.45, 7) is 0.660. The van der Waals surface area contributed by atoms with Gasteiger partial charge in [-0.15, -0.1) is 12.4 Å². The van der Waals surface area contributed by atoms with Gasteiger partial charge in [-0.1, -0.05) is 25.5 Å². The van der Waals surface area contributed by atoms with E-state index in [4.69, 9.17) is 5.73 Å². The maximum Gasteiger partial charge on any atom is 0.387 e. The molecular formula is C13H19ClF2N2O2. The second kappa shape index (κ2) is 8.71. The molecule has 3 N–H and O–H groups in total. The first kappa shape index (κ1) is 18.6. The number of carbonyl (C=O) groups excluding carboxylic acids is 1. The number of aryl methyl sites for hydroxylation is 1. The van der Waals surface area contributed by atoms with E-state index in [1.165, 1.54) is 6.07 Å². The molecule has 1 atom stereocenters. The van der Waals surface area contributed by atoms with Crippen LogP contribution in [0, 0.1) is 6.92 Å². The number of hydrogen-bond donors (Lipinski definition) is 2. The van der Waals surface area contributed by atoms with Crippen molar-refractivity contribution in [2.24, 2.45) is 5.73 Å². The largest absolute Gasteiger partial charge is 0.433 e. The third-order valence-electron chi connectivity index (χ3n) is 2.64. The lowest BCUT2D eigenvalue weighted by atomic mass is 10.1. The van der Waals surface area contributed by atoms with Crippen molar-refractivity contribution in [3.8, 4) is 5.75 Å². The highest BCUT2D eigenvalue weighted by Crippen LogP contribution is 2.29. The second-order valence-electron chi connectivity index (χ2n) is 4.21. The summed E-state index contributed by atoms with van der Waals surface area (Å²) in [6, 6.07) is 3.98. The van der Waals surface area contributed by atoms with Gasteiger partial charge in [0.2, 0.25) is 5.91 Å². The fourth-order valence-electron chi connectivity index (χ4n) is 1.65. The predicted molar refractivity (Wildman–Crippen MR) is 76.6 cm³/mol. The first-order valence-electron chi connectivity index (χ1n) is 6.06. The van der Waals surface area contributed by atoms with Crippen molar-refractivity contribution in [2.45, 2.75) is 39.3 Å². The second-order valence-corrected chi connectivity index (χ2v) is 4.21. The minimum absolute atomic E-state index is 0. The fourth-order valence-corrected chi connectivity index (χ4v) is 1.65. The number of nitrogens with two attached hydrogens (primary N) is 1. The number of nitrogens with one attached hydrogen (secondary N) is 1. The number of carbonyl (C=O) groups is 1. The van der Waals surface area contributed by atoms with Crippen molar-refractivity contribution >= 4 is 24.0 Å². The van der Waals surface area contributed by atoms with Gasteiger partial charge in [0, 0.05) is 0 Å². The minimum Gasteiger partial charge on any atom is -0.433 e. The number of benzene rings is 1. The average Bonchev–Trinajstić information content (AvgIpc) is 2.33. The number of halogens is 3. The highest BCUT2D eigenvalue weighted by molar-refractivity contribution is 5.96. The predicted octanol–water partition coefficient (Wildman–Crippen LogP) is 3.08. The Hall–Kier alpha value is -1.40. The molecule has 1 rings (SSSR count). The number of rotatable bonds is 6. The molecule has 1 amide bonds. The summed E-state index contributed by atoms with van der Waals surface area (Å²) in [6.07, 6.45) is 1.30. The summed E-state index contributed by atoms with van der Waals surface area (Å²) in [5.41, 5.74) is 6.55. The van der Waals surface area contributed by atoms with E-state index >= 15 is 0 Å². The summed E-state index contributed by atoms with van der Waals surface area (Å²) >= 11 is 0. The van der Waals surface area contributed by atoms with Crippen LogP contribution in [-0.2, 0) is 4.79 Å². The van der Waals surface area contributed by atoms with Gasteiger partial charge in [-0.25, -0.2) is 0 Å². The Morgan fingerprint density at radius 3 is 2.65 bits per heavy atom. The van der Waals surface area contributed by atoms with E-state index in [1.807, 2.05) is 6.92 Å². The Bertz CT molecular complexity index is 444. The standard InChI is InChI=1S/C13H18F2N2O2.ClH/c1-3-5-9(16)12(18)17-11-8(2)6-4-7-10(11)19-13(14)15;/h4,6-7,9,13H,3,5,16H2,1-2H3,(H,17,18);1H. The Morgan fingerprint density at radius 1 is 1.45 bits per heavy atom. The maximum absolute atomic E-state index is 12.3. The van der Waals surface area contributed by atoms with E-state index in [9.17, 15) is 13.6 Å². The van der Waals surface area contributed by atoms with Crippen LogP contribution in [0.15, 0.2) is 18.2 Å². The van der Waals surface area contributed by atoms with Crippen LogP contribution >= 0.6 is 12.4 Å². The number of hydrogen-bond acceptors (Lipinski definition) is 3. The fraction of sp³-hybridized carbons (Fsp3) is 0.462. The first-order chi connectivity index (χ1) is 8.95. The molecule has 0 bridgehead atoms. The smallest absolute Gasteiger partial charge is 0.387 e. The van der Waals surface area contributed by atoms with E-state index in [1.54, 1.807) is 19.1 Å². The molecular weight excluding hydrogens is 290 g/mol. The zero-order valence-electron chi connectivity index (χ0n) is 11.4. The van der Waals surface area contributed by atoms with Crippen LogP contribution in [0.1, 0.15) is 25.3 Å². The van der Waals surface area contributed by atoms with E-state index in [-0.39, 0.29) is 23.8 Å². The first-order valence-corrected chi connectivity index (χ1v) is 6.06. The van der Waals surface area contributed by atoms with E-state index in [0.29, 0.717) is 12.0 Å². The highest BCUT2D eigenvalue weighted by atomic mass is 35.5. The quantitative estimate of drug-likeness (QED) is 0.849. The summed E-state index contributed by atoms with van der Waals surface area (Å²) in [7, 11) is 0. The van der Waals surface area contributed by atoms with Gasteiger partial charge in [0.15, 0.2) is 0 Å². The summed E-state index contributed by atoms with van der Waals surface area (Å²) < 4.78 is 29.0. The van der Waals surface area contributed by atoms with Crippen LogP contribution in [-0.4, -0.2) is 18.6 Å². The molecule has 0 spiro atoms. The van der Waals surface area contributed by atoms with Gasteiger partial charge < -0.3 is 15.8 Å². The van der Waals surface area contributed by atoms with E-state index < -0.39 is 18.6 Å². The molecule has 0 fully saturated rings. The van der Waals surface area contributed by atoms with Crippen molar-refractivity contribution in [3.05, 3.63) is 23.8 Å². The maximum atomic E-state index is 12.3. The topological polar surface area (TPSA) is 64.4 Å². The summed E-state index contributed by atoms with van der Waals surface area (Å²) in [5.74, 6) is -0.470. The van der Waals surface area contributed by atoms with Crippen molar-refractivity contribution < 1.29 is 18.3 Å². The van der Waals surface area contributed by atoms with Crippen LogP contribution < -0.4 is 15.8 Å². The van der Waals surface area contributed by atoms with Crippen molar-refractivity contribution in [3.63, 3.8) is 0 Å². The molecule has 0 saturated carbocycles. The molecule has 0 radical (unpaired) electrons. The molecule has 0 aliphatic carbocycles. The number of para-hydroxylation sites is 1. The lowest BCUT2D eigenvalue weighted by Crippen LogP contribution is -2.35. The highest BCUT2D eigenvalue weighted by Gasteiger charge is 2.17. The van der Waals surface area contributed by atoms with Crippen molar-refractivity contribution in [1.29, 1.82) is 0 Å². The van der Waals surface area contributed by atoms with Gasteiger partial charge >= 0.3 is 6.61 Å². The monoisotopic (exact) mass is 308 g/mol. The molecule has 4 nitrogen and oxygen atoms in total. The van der Waals surface area contributed by atoms with Crippen LogP contribution in [0.5, 0.6) is 5.75 Å². The summed E-state index contributed by atoms with van der Waals surface area (Å²) in [4.78, 5) is 11.8. The van der Waals surface area contributed by atoms with Gasteiger partial charge in [-0.05, 0) is 25.0 Å². The number of amides is 1. The van der Waals surface area contributed by atoms with Gasteiger partial charge in [-0.3, -0.25) is 4.79 Å². The minimum atomic E-state index is -2.94. The molecule has 114 valence electrons. The summed E-state index contributed by atoms with van der Waals surface area (Å²) in [5, 5.41) is 2.55. The van der Waals surface area contributed by atoms with Gasteiger partial charge in [-0.2, -0.15) is 8.78 Å². The number of anilines is 1. The van der Waals surface area contributed by atoms with Crippen LogP contribution in [0.2, 0.25) is 0 Å². The Labute approximate surface area is 123 Å². The Morgan fingerprint density at radius 2 is 2.10 bits per heavy atom. The Kier molecular flexibility index (Phi) is 8.10. The molecule has 0 aromatic heterocycles. The van der Waals surface area contributed by atoms with Crippen molar-refractivity contribution in [2.75, 3.05) is 5.32 Å². The Balaban J connectivity index is 0.00000361. The molecule has 0 heterocycles. The molecule has 1 unspecified atom stereocenters. The van der Waals surface area contributed by atoms with E-state index in [2.05, 4.69) is 10.1 Å². The lowest BCUT2D eigenvalue weighted by molar-refractivity contribution is -0.117. The zero-order chi connectivity index (χ0) is 14.4. The lowest BCUT2D eigenvalue weighted by Gasteiger charge is -2.16. The molecule has 1 aromatic carbocycles. The van der Waals surface area contributed by atoms with Crippen LogP contribution in [0.3, 0.4) is 0 Å². The van der Waals surface area contributed by atoms with E-state index in [0.717, 1.165) is 6.42 Å². The molecule has 7 heteroatoms. The number of ether oxygens (including phenoxy) is 1. The van der Waals surface area contributed by atoms with Gasteiger partial charge in [0.05, 0.1) is 11.7 Å². The SMILES string of the molecule is CCCC(N)C(=O)Nc1c(C)cccc1OC(F)F.Cl. The third-order valence-corrected chi connectivity index (χ3v) is 2.64. The normalized spacial score (nSPS) is 11.7. The molecule has 0 aliphatic rings. The van der Waals surface area contributed by atoms with Gasteiger partial charge in [0.1, 0.15) is 5.75 Å². The van der Waals surface area contributed by atoms with Crippen LogP contribution in [0.25, 0.3) is 0 Å². The van der Waals surface area contributed by atoms with Crippen LogP contribution in [0.4, 0.5) is 14.5 Å². The average molecular weight is 309 g/mol. The third kappa shape index (κ3) is 5.30. The molecule has 0 saturated heterocycles. The van der Waals surface area contributed by atoms with Gasteiger partial charge in [0.25, 0.3) is 0 Å². The molecule has 0 aliphatic heterocycles. The molecule has 20 heavy (non-hydrogen) atoms.